The van der Waals surface area contributed by atoms with E-state index in [1.807, 2.05) is 0 Å². The van der Waals surface area contributed by atoms with Crippen LogP contribution < -0.4 is 0 Å². The second-order valence-electron chi connectivity index (χ2n) is 14.4. The van der Waals surface area contributed by atoms with Crippen LogP contribution in [0.5, 0.6) is 0 Å². The number of para-hydroxylation sites is 2. The first-order valence-electron chi connectivity index (χ1n) is 18.1. The summed E-state index contributed by atoms with van der Waals surface area (Å²) in [5.74, 6) is 0. The number of allylic oxidation sites excluding steroid dienone is 2. The van der Waals surface area contributed by atoms with Gasteiger partial charge in [0, 0.05) is 32.9 Å². The molecule has 0 atom stereocenters. The Hall–Kier alpha value is -6.38. The normalized spacial score (nSPS) is 11.6. The zero-order valence-electron chi connectivity index (χ0n) is 29.7. The third-order valence-corrected chi connectivity index (χ3v) is 10.2. The Kier molecular flexibility index (Phi) is 7.74. The molecule has 9 aromatic rings. The highest BCUT2D eigenvalue weighted by Crippen LogP contribution is 2.38. The van der Waals surface area contributed by atoms with Gasteiger partial charge in [-0.2, -0.15) is 0 Å². The Morgan fingerprint density at radius 2 is 0.788 bits per heavy atom. The molecule has 0 N–H and O–H groups in total. The molecule has 0 bridgehead atoms. The molecule has 0 amide bonds. The van der Waals surface area contributed by atoms with Crippen molar-refractivity contribution in [2.24, 2.45) is 0 Å². The van der Waals surface area contributed by atoms with Crippen LogP contribution in [0.3, 0.4) is 0 Å². The molecule has 0 saturated heterocycles. The van der Waals surface area contributed by atoms with Crippen molar-refractivity contribution in [1.82, 2.24) is 9.13 Å². The van der Waals surface area contributed by atoms with E-state index in [0.29, 0.717) is 0 Å². The van der Waals surface area contributed by atoms with Gasteiger partial charge >= 0.3 is 0 Å². The van der Waals surface area contributed by atoms with Crippen molar-refractivity contribution in [2.75, 3.05) is 0 Å². The van der Waals surface area contributed by atoms with Crippen molar-refractivity contribution >= 4 is 43.6 Å². The van der Waals surface area contributed by atoms with Gasteiger partial charge in [-0.15, -0.1) is 0 Å². The van der Waals surface area contributed by atoms with Gasteiger partial charge in [-0.1, -0.05) is 115 Å². The molecule has 0 aliphatic rings. The number of nitrogens with zero attached hydrogens (tertiary/aromatic N) is 2. The third kappa shape index (κ3) is 5.54. The summed E-state index contributed by atoms with van der Waals surface area (Å²) < 4.78 is 4.80. The van der Waals surface area contributed by atoms with Gasteiger partial charge in [0.05, 0.1) is 22.1 Å². The van der Waals surface area contributed by atoms with Crippen LogP contribution in [0.1, 0.15) is 25.0 Å². The zero-order valence-corrected chi connectivity index (χ0v) is 29.7. The van der Waals surface area contributed by atoms with E-state index < -0.39 is 0 Å². The van der Waals surface area contributed by atoms with Gasteiger partial charge in [0.2, 0.25) is 0 Å². The summed E-state index contributed by atoms with van der Waals surface area (Å²) in [6, 6.07) is 58.0. The Labute approximate surface area is 305 Å². The highest BCUT2D eigenvalue weighted by molar-refractivity contribution is 6.11. The van der Waals surface area contributed by atoms with Gasteiger partial charge in [0.25, 0.3) is 0 Å². The molecule has 2 heteroatoms. The molecular formula is C50H40N2. The van der Waals surface area contributed by atoms with Crippen molar-refractivity contribution in [3.05, 3.63) is 193 Å². The standard InChI is InChI=1S/C50H40N2/c1-33(2)26-35-12-9-16-41(28-35)51-47-20-7-5-18-43(47)45-31-39(22-24-49(45)51)37-14-11-15-38(30-37)40-23-25-50-46(32-40)44-19-6-8-21-48(44)52(50)42-17-10-13-36(29-42)27-34(3)4/h5-25,28-32H,1,3,26-27H2,2,4H3. The first-order valence-corrected chi connectivity index (χ1v) is 18.1. The number of rotatable bonds is 8. The molecule has 9 rings (SSSR count). The summed E-state index contributed by atoms with van der Waals surface area (Å²) in [5.41, 5.74) is 16.9. The van der Waals surface area contributed by atoms with E-state index in [4.69, 9.17) is 0 Å². The molecule has 0 aliphatic heterocycles. The average Bonchev–Trinajstić information content (AvgIpc) is 3.67. The lowest BCUT2D eigenvalue weighted by Gasteiger charge is -2.11. The highest BCUT2D eigenvalue weighted by atomic mass is 15.0. The van der Waals surface area contributed by atoms with Crippen LogP contribution in [0.4, 0.5) is 0 Å². The lowest BCUT2D eigenvalue weighted by molar-refractivity contribution is 1.12. The average molecular weight is 669 g/mol. The van der Waals surface area contributed by atoms with Gasteiger partial charge in [-0.25, -0.2) is 0 Å². The van der Waals surface area contributed by atoms with Crippen LogP contribution in [-0.2, 0) is 12.8 Å². The van der Waals surface area contributed by atoms with Crippen molar-refractivity contribution in [1.29, 1.82) is 0 Å². The molecule has 0 aliphatic carbocycles. The Bertz CT molecular complexity index is 2660. The van der Waals surface area contributed by atoms with Crippen LogP contribution in [0.15, 0.2) is 182 Å². The molecule has 52 heavy (non-hydrogen) atoms. The fourth-order valence-electron chi connectivity index (χ4n) is 8.05. The molecule has 2 heterocycles. The molecule has 7 aromatic carbocycles. The van der Waals surface area contributed by atoms with Crippen molar-refractivity contribution in [3.8, 4) is 33.6 Å². The highest BCUT2D eigenvalue weighted by Gasteiger charge is 2.16. The van der Waals surface area contributed by atoms with Gasteiger partial charge in [-0.3, -0.25) is 0 Å². The summed E-state index contributed by atoms with van der Waals surface area (Å²) >= 11 is 0. The summed E-state index contributed by atoms with van der Waals surface area (Å²) in [6.45, 7) is 12.5. The van der Waals surface area contributed by atoms with Crippen molar-refractivity contribution in [3.63, 3.8) is 0 Å². The van der Waals surface area contributed by atoms with E-state index in [1.54, 1.807) is 0 Å². The van der Waals surface area contributed by atoms with E-state index in [9.17, 15) is 0 Å². The molecule has 250 valence electrons. The van der Waals surface area contributed by atoms with Gasteiger partial charge < -0.3 is 9.13 Å². The lowest BCUT2D eigenvalue weighted by atomic mass is 9.97. The monoisotopic (exact) mass is 668 g/mol. The Balaban J connectivity index is 1.13. The maximum atomic E-state index is 4.14. The largest absolute Gasteiger partial charge is 0.309 e. The number of aromatic nitrogens is 2. The Morgan fingerprint density at radius 3 is 1.25 bits per heavy atom. The Morgan fingerprint density at radius 1 is 0.385 bits per heavy atom. The van der Waals surface area contributed by atoms with Crippen LogP contribution >= 0.6 is 0 Å². The van der Waals surface area contributed by atoms with Crippen LogP contribution in [0, 0.1) is 0 Å². The number of benzene rings is 7. The minimum absolute atomic E-state index is 0.879. The maximum absolute atomic E-state index is 4.14. The van der Waals surface area contributed by atoms with Gasteiger partial charge in [0.1, 0.15) is 0 Å². The van der Waals surface area contributed by atoms with Crippen LogP contribution in [-0.4, -0.2) is 9.13 Å². The summed E-state index contributed by atoms with van der Waals surface area (Å²) in [6.07, 6.45) is 1.76. The van der Waals surface area contributed by atoms with Gasteiger partial charge in [0.15, 0.2) is 0 Å². The molecule has 0 radical (unpaired) electrons. The summed E-state index contributed by atoms with van der Waals surface area (Å²) in [4.78, 5) is 0. The minimum atomic E-state index is 0.879. The molecule has 0 fully saturated rings. The molecule has 0 saturated carbocycles. The number of fused-ring (bicyclic) bond motifs is 6. The van der Waals surface area contributed by atoms with Gasteiger partial charge in [-0.05, 0) is 127 Å². The SMILES string of the molecule is C=C(C)Cc1cccc(-n2c3ccccc3c3cc(-c4cccc(-c5ccc6c(c5)c5ccccc5n6-c5cccc(CC(=C)C)c5)c4)ccc32)c1. The topological polar surface area (TPSA) is 9.86 Å². The van der Waals surface area contributed by atoms with E-state index in [1.165, 1.54) is 88.4 Å². The van der Waals surface area contributed by atoms with Crippen LogP contribution in [0.2, 0.25) is 0 Å². The molecule has 0 spiro atoms. The zero-order chi connectivity index (χ0) is 35.3. The van der Waals surface area contributed by atoms with Crippen LogP contribution in [0.25, 0.3) is 77.2 Å². The summed E-state index contributed by atoms with van der Waals surface area (Å²) in [7, 11) is 0. The fourth-order valence-corrected chi connectivity index (χ4v) is 8.05. The third-order valence-electron chi connectivity index (χ3n) is 10.2. The van der Waals surface area contributed by atoms with E-state index in [-0.39, 0.29) is 0 Å². The maximum Gasteiger partial charge on any atom is 0.0541 e. The fraction of sp³-hybridized carbons (Fsp3) is 0.0800. The molecule has 2 aromatic heterocycles. The lowest BCUT2D eigenvalue weighted by Crippen LogP contribution is -1.96. The molecular weight excluding hydrogens is 629 g/mol. The second-order valence-corrected chi connectivity index (χ2v) is 14.4. The van der Waals surface area contributed by atoms with Crippen molar-refractivity contribution in [2.45, 2.75) is 26.7 Å². The minimum Gasteiger partial charge on any atom is -0.309 e. The van der Waals surface area contributed by atoms with E-state index in [2.05, 4.69) is 194 Å². The summed E-state index contributed by atoms with van der Waals surface area (Å²) in [5, 5.41) is 5.02. The molecule has 2 nitrogen and oxygen atoms in total. The molecule has 0 unspecified atom stereocenters. The first kappa shape index (κ1) is 31.6. The van der Waals surface area contributed by atoms with Crippen molar-refractivity contribution < 1.29 is 0 Å². The van der Waals surface area contributed by atoms with E-state index in [0.717, 1.165) is 24.0 Å². The smallest absolute Gasteiger partial charge is 0.0541 e. The number of hydrogen-bond donors (Lipinski definition) is 0. The number of hydrogen-bond acceptors (Lipinski definition) is 0. The predicted octanol–water partition coefficient (Wildman–Crippen LogP) is 13.5. The quantitative estimate of drug-likeness (QED) is 0.143. The first-order chi connectivity index (χ1) is 25.4. The predicted molar refractivity (Wildman–Crippen MR) is 223 cm³/mol. The second kappa shape index (κ2) is 12.7. The van der Waals surface area contributed by atoms with E-state index >= 15 is 0 Å².